The summed E-state index contributed by atoms with van der Waals surface area (Å²) in [5.74, 6) is 1.01. The molecule has 0 aliphatic rings. The fraction of sp³-hybridized carbons (Fsp3) is 0.571. The predicted octanol–water partition coefficient (Wildman–Crippen LogP) is 3.15. The van der Waals surface area contributed by atoms with Crippen molar-refractivity contribution in [1.82, 2.24) is 0 Å². The van der Waals surface area contributed by atoms with Crippen molar-refractivity contribution in [3.63, 3.8) is 0 Å². The van der Waals surface area contributed by atoms with E-state index in [4.69, 9.17) is 10.5 Å². The van der Waals surface area contributed by atoms with Gasteiger partial charge in [-0.25, -0.2) is 0 Å². The largest absolute Gasteiger partial charge is 0.494 e. The van der Waals surface area contributed by atoms with Gasteiger partial charge in [0, 0.05) is 6.04 Å². The number of para-hydroxylation sites is 1. The quantitative estimate of drug-likeness (QED) is 0.767. The summed E-state index contributed by atoms with van der Waals surface area (Å²) >= 11 is 0. The number of hydrogen-bond donors (Lipinski definition) is 1. The van der Waals surface area contributed by atoms with E-state index in [1.165, 1.54) is 5.56 Å². The van der Waals surface area contributed by atoms with Crippen LogP contribution in [0.1, 0.15) is 38.7 Å². The molecule has 1 aromatic carbocycles. The van der Waals surface area contributed by atoms with Crippen molar-refractivity contribution in [3.05, 3.63) is 29.8 Å². The lowest BCUT2D eigenvalue weighted by Gasteiger charge is -2.13. The number of ether oxygens (including phenoxy) is 1. The Bertz CT molecular complexity index is 299. The van der Waals surface area contributed by atoms with Crippen LogP contribution in [0.3, 0.4) is 0 Å². The zero-order chi connectivity index (χ0) is 11.8. The molecule has 0 bridgehead atoms. The summed E-state index contributed by atoms with van der Waals surface area (Å²) in [6.07, 6.45) is 4.32. The summed E-state index contributed by atoms with van der Waals surface area (Å²) in [6.45, 7) is 4.91. The minimum absolute atomic E-state index is 0.319. The highest BCUT2D eigenvalue weighted by atomic mass is 16.5. The van der Waals surface area contributed by atoms with Gasteiger partial charge in [-0.2, -0.15) is 0 Å². The van der Waals surface area contributed by atoms with Crippen molar-refractivity contribution in [2.75, 3.05) is 6.61 Å². The third-order valence-electron chi connectivity index (χ3n) is 2.72. The number of nitrogens with two attached hydrogens (primary N) is 1. The normalized spacial score (nSPS) is 12.4. The summed E-state index contributed by atoms with van der Waals surface area (Å²) in [5.41, 5.74) is 7.29. The minimum Gasteiger partial charge on any atom is -0.494 e. The maximum Gasteiger partial charge on any atom is 0.122 e. The summed E-state index contributed by atoms with van der Waals surface area (Å²) in [7, 11) is 0. The third-order valence-corrected chi connectivity index (χ3v) is 2.72. The van der Waals surface area contributed by atoms with E-state index in [0.717, 1.165) is 38.0 Å². The number of aryl methyl sites for hydroxylation is 1. The van der Waals surface area contributed by atoms with Crippen molar-refractivity contribution < 1.29 is 4.74 Å². The summed E-state index contributed by atoms with van der Waals surface area (Å²) in [5, 5.41) is 0. The standard InChI is InChI=1S/C14H23NO/c1-3-7-13(15)11-10-12-8-5-6-9-14(12)16-4-2/h5-6,8-9,13H,3-4,7,10-11,15H2,1-2H3. The SMILES string of the molecule is CCCC(N)CCc1ccccc1OCC. The van der Waals surface area contributed by atoms with Crippen LogP contribution in [0.15, 0.2) is 24.3 Å². The highest BCUT2D eigenvalue weighted by Crippen LogP contribution is 2.20. The lowest BCUT2D eigenvalue weighted by atomic mass is 10.0. The average Bonchev–Trinajstić information content (AvgIpc) is 2.29. The smallest absolute Gasteiger partial charge is 0.122 e. The van der Waals surface area contributed by atoms with E-state index in [9.17, 15) is 0 Å². The fourth-order valence-electron chi connectivity index (χ4n) is 1.86. The molecule has 0 aromatic heterocycles. The molecule has 1 aromatic rings. The summed E-state index contributed by atoms with van der Waals surface area (Å²) < 4.78 is 5.59. The Morgan fingerprint density at radius 3 is 2.62 bits per heavy atom. The van der Waals surface area contributed by atoms with Crippen molar-refractivity contribution in [2.24, 2.45) is 5.73 Å². The van der Waals surface area contributed by atoms with Gasteiger partial charge >= 0.3 is 0 Å². The van der Waals surface area contributed by atoms with Crippen LogP contribution in [0.25, 0.3) is 0 Å². The van der Waals surface area contributed by atoms with Crippen LogP contribution < -0.4 is 10.5 Å². The fourth-order valence-corrected chi connectivity index (χ4v) is 1.86. The maximum absolute atomic E-state index is 6.02. The van der Waals surface area contributed by atoms with E-state index in [-0.39, 0.29) is 0 Å². The first-order chi connectivity index (χ1) is 7.77. The molecule has 1 unspecified atom stereocenters. The van der Waals surface area contributed by atoms with Crippen molar-refractivity contribution in [3.8, 4) is 5.75 Å². The lowest BCUT2D eigenvalue weighted by molar-refractivity contribution is 0.335. The zero-order valence-corrected chi connectivity index (χ0v) is 10.4. The maximum atomic E-state index is 6.02. The van der Waals surface area contributed by atoms with Crippen LogP contribution in [0.5, 0.6) is 5.75 Å². The Morgan fingerprint density at radius 2 is 1.94 bits per heavy atom. The lowest BCUT2D eigenvalue weighted by Crippen LogP contribution is -2.20. The predicted molar refractivity (Wildman–Crippen MR) is 68.8 cm³/mol. The molecule has 0 spiro atoms. The number of hydrogen-bond acceptors (Lipinski definition) is 2. The molecule has 1 atom stereocenters. The molecule has 0 aliphatic carbocycles. The first kappa shape index (κ1) is 13.0. The van der Waals surface area contributed by atoms with Crippen molar-refractivity contribution in [2.45, 2.75) is 45.6 Å². The van der Waals surface area contributed by atoms with Crippen LogP contribution in [0.2, 0.25) is 0 Å². The van der Waals surface area contributed by atoms with Crippen LogP contribution in [-0.4, -0.2) is 12.6 Å². The molecular weight excluding hydrogens is 198 g/mol. The van der Waals surface area contributed by atoms with Crippen LogP contribution in [0, 0.1) is 0 Å². The molecule has 90 valence electrons. The first-order valence-electron chi connectivity index (χ1n) is 6.24. The molecule has 0 heterocycles. The van der Waals surface area contributed by atoms with Gasteiger partial charge in [0.15, 0.2) is 0 Å². The van der Waals surface area contributed by atoms with E-state index < -0.39 is 0 Å². The monoisotopic (exact) mass is 221 g/mol. The topological polar surface area (TPSA) is 35.2 Å². The van der Waals surface area contributed by atoms with E-state index in [1.807, 2.05) is 19.1 Å². The average molecular weight is 221 g/mol. The second kappa shape index (κ2) is 7.29. The van der Waals surface area contributed by atoms with E-state index in [1.54, 1.807) is 0 Å². The Hall–Kier alpha value is -1.02. The third kappa shape index (κ3) is 4.23. The molecule has 2 heteroatoms. The van der Waals surface area contributed by atoms with E-state index >= 15 is 0 Å². The van der Waals surface area contributed by atoms with Crippen LogP contribution in [-0.2, 0) is 6.42 Å². The first-order valence-corrected chi connectivity index (χ1v) is 6.24. The molecule has 2 N–H and O–H groups in total. The van der Waals surface area contributed by atoms with E-state index in [0.29, 0.717) is 6.04 Å². The van der Waals surface area contributed by atoms with Crippen molar-refractivity contribution >= 4 is 0 Å². The Morgan fingerprint density at radius 1 is 1.19 bits per heavy atom. The van der Waals surface area contributed by atoms with Crippen LogP contribution >= 0.6 is 0 Å². The summed E-state index contributed by atoms with van der Waals surface area (Å²) in [4.78, 5) is 0. The molecule has 16 heavy (non-hydrogen) atoms. The van der Waals surface area contributed by atoms with Gasteiger partial charge in [0.05, 0.1) is 6.61 Å². The number of rotatable bonds is 7. The van der Waals surface area contributed by atoms with Gasteiger partial charge in [-0.05, 0) is 37.8 Å². The zero-order valence-electron chi connectivity index (χ0n) is 10.4. The highest BCUT2D eigenvalue weighted by molar-refractivity contribution is 5.33. The van der Waals surface area contributed by atoms with Gasteiger partial charge in [-0.1, -0.05) is 31.5 Å². The number of benzene rings is 1. The molecule has 0 amide bonds. The molecule has 0 saturated heterocycles. The second-order valence-electron chi connectivity index (χ2n) is 4.13. The Kier molecular flexibility index (Phi) is 5.94. The van der Waals surface area contributed by atoms with Gasteiger partial charge in [-0.15, -0.1) is 0 Å². The van der Waals surface area contributed by atoms with Crippen LogP contribution in [0.4, 0.5) is 0 Å². The highest BCUT2D eigenvalue weighted by Gasteiger charge is 2.05. The van der Waals surface area contributed by atoms with Crippen molar-refractivity contribution in [1.29, 1.82) is 0 Å². The molecule has 0 aliphatic heterocycles. The molecule has 0 radical (unpaired) electrons. The van der Waals surface area contributed by atoms with Gasteiger partial charge in [0.25, 0.3) is 0 Å². The van der Waals surface area contributed by atoms with Gasteiger partial charge in [0.1, 0.15) is 5.75 Å². The van der Waals surface area contributed by atoms with Gasteiger partial charge in [0.2, 0.25) is 0 Å². The van der Waals surface area contributed by atoms with Gasteiger partial charge < -0.3 is 10.5 Å². The van der Waals surface area contributed by atoms with E-state index in [2.05, 4.69) is 19.1 Å². The molecule has 1 rings (SSSR count). The Balaban J connectivity index is 2.52. The summed E-state index contributed by atoms with van der Waals surface area (Å²) in [6, 6.07) is 8.55. The minimum atomic E-state index is 0.319. The molecule has 0 fully saturated rings. The molecule has 2 nitrogen and oxygen atoms in total. The molecular formula is C14H23NO. The Labute approximate surface area is 98.8 Å². The second-order valence-corrected chi connectivity index (χ2v) is 4.13. The van der Waals surface area contributed by atoms with Gasteiger partial charge in [-0.3, -0.25) is 0 Å². The molecule has 0 saturated carbocycles.